The zero-order valence-electron chi connectivity index (χ0n) is 15.9. The quantitative estimate of drug-likeness (QED) is 0.429. The lowest BCUT2D eigenvalue weighted by Gasteiger charge is -2.14. The van der Waals surface area contributed by atoms with Crippen LogP contribution in [0.4, 0.5) is 11.4 Å². The normalized spacial score (nSPS) is 10.6. The molecule has 0 aliphatic carbocycles. The van der Waals surface area contributed by atoms with Crippen LogP contribution in [0.5, 0.6) is 5.88 Å². The number of nitrogens with one attached hydrogen (secondary N) is 1. The number of unbranched alkanes of at least 4 members (excludes halogenated alkanes) is 1. The first-order chi connectivity index (χ1) is 13.4. The van der Waals surface area contributed by atoms with E-state index in [2.05, 4.69) is 20.4 Å². The van der Waals surface area contributed by atoms with Crippen LogP contribution in [0.15, 0.2) is 39.3 Å². The van der Waals surface area contributed by atoms with Crippen LogP contribution in [0.3, 0.4) is 0 Å². The molecule has 0 saturated carbocycles. The zero-order valence-corrected chi connectivity index (χ0v) is 15.9. The molecule has 9 nitrogen and oxygen atoms in total. The number of benzene rings is 1. The number of ether oxygens (including phenoxy) is 1. The summed E-state index contributed by atoms with van der Waals surface area (Å²) in [6.45, 7) is 3.96. The van der Waals surface area contributed by atoms with Gasteiger partial charge < -0.3 is 15.3 Å². The number of nitriles is 1. The minimum absolute atomic E-state index is 0.0113. The molecule has 0 unspecified atom stereocenters. The molecule has 1 heterocycles. The number of azo groups is 1. The Balaban J connectivity index is 2.42. The molecule has 0 fully saturated rings. The molecular formula is C19H21N5O4. The average Bonchev–Trinajstić information content (AvgIpc) is 2.70. The van der Waals surface area contributed by atoms with Gasteiger partial charge in [0.15, 0.2) is 5.69 Å². The standard InChI is InChI=1S/C19H21N5O4/c1-4-5-10-21-24-17(25)15(11-20)12(2)16(18(24)26)23-22-14-8-6-13(7-9-14)19(27)28-3/h6-9,21,26H,4-5,10H2,1-3H3/b23-22+. The van der Waals surface area contributed by atoms with Crippen molar-refractivity contribution in [1.82, 2.24) is 4.68 Å². The van der Waals surface area contributed by atoms with Crippen LogP contribution in [0, 0.1) is 18.3 Å². The number of hydrogen-bond acceptors (Lipinski definition) is 8. The van der Waals surface area contributed by atoms with E-state index in [4.69, 9.17) is 0 Å². The van der Waals surface area contributed by atoms with Gasteiger partial charge in [-0.2, -0.15) is 15.1 Å². The van der Waals surface area contributed by atoms with Crippen molar-refractivity contribution in [3.63, 3.8) is 0 Å². The van der Waals surface area contributed by atoms with Crippen molar-refractivity contribution in [3.05, 3.63) is 51.3 Å². The fourth-order valence-electron chi connectivity index (χ4n) is 2.42. The van der Waals surface area contributed by atoms with E-state index in [1.54, 1.807) is 12.1 Å². The summed E-state index contributed by atoms with van der Waals surface area (Å²) in [6.07, 6.45) is 1.68. The molecule has 0 aliphatic heterocycles. The monoisotopic (exact) mass is 383 g/mol. The Hall–Kier alpha value is -3.67. The summed E-state index contributed by atoms with van der Waals surface area (Å²) in [5, 5.41) is 27.8. The van der Waals surface area contributed by atoms with Crippen molar-refractivity contribution in [1.29, 1.82) is 5.26 Å². The van der Waals surface area contributed by atoms with E-state index in [1.807, 2.05) is 13.0 Å². The number of carbonyl (C=O) groups excluding carboxylic acids is 1. The van der Waals surface area contributed by atoms with Gasteiger partial charge in [0.1, 0.15) is 11.6 Å². The SMILES string of the molecule is CCCCNn1c(O)c(/N=N/c2ccc(C(=O)OC)cc2)c(C)c(C#N)c1=O. The maximum absolute atomic E-state index is 12.4. The number of rotatable bonds is 7. The molecule has 2 rings (SSSR count). The Morgan fingerprint density at radius 1 is 1.32 bits per heavy atom. The van der Waals surface area contributed by atoms with Crippen molar-refractivity contribution >= 4 is 17.3 Å². The van der Waals surface area contributed by atoms with Crippen molar-refractivity contribution in [2.45, 2.75) is 26.7 Å². The van der Waals surface area contributed by atoms with Crippen LogP contribution in [0.1, 0.15) is 41.3 Å². The largest absolute Gasteiger partial charge is 0.492 e. The maximum Gasteiger partial charge on any atom is 0.337 e. The second kappa shape index (κ2) is 9.32. The highest BCUT2D eigenvalue weighted by Crippen LogP contribution is 2.31. The molecule has 28 heavy (non-hydrogen) atoms. The van der Waals surface area contributed by atoms with Crippen molar-refractivity contribution in [2.75, 3.05) is 19.1 Å². The molecule has 0 radical (unpaired) electrons. The third kappa shape index (κ3) is 4.35. The van der Waals surface area contributed by atoms with E-state index in [-0.39, 0.29) is 16.8 Å². The summed E-state index contributed by atoms with van der Waals surface area (Å²) >= 11 is 0. The fraction of sp³-hybridized carbons (Fsp3) is 0.316. The molecule has 0 aliphatic rings. The lowest BCUT2D eigenvalue weighted by Crippen LogP contribution is -2.31. The molecule has 0 atom stereocenters. The molecule has 0 bridgehead atoms. The number of carbonyl (C=O) groups is 1. The summed E-state index contributed by atoms with van der Waals surface area (Å²) in [4.78, 5) is 23.9. The third-order valence-electron chi connectivity index (χ3n) is 4.04. The number of nitrogens with zero attached hydrogens (tertiary/aromatic N) is 4. The minimum Gasteiger partial charge on any atom is -0.492 e. The number of pyridine rings is 1. The lowest BCUT2D eigenvalue weighted by molar-refractivity contribution is 0.0601. The van der Waals surface area contributed by atoms with Gasteiger partial charge in [-0.25, -0.2) is 4.79 Å². The first-order valence-corrected chi connectivity index (χ1v) is 8.67. The summed E-state index contributed by atoms with van der Waals surface area (Å²) in [7, 11) is 1.29. The molecule has 1 aromatic carbocycles. The van der Waals surface area contributed by atoms with Crippen LogP contribution in [-0.2, 0) is 4.74 Å². The van der Waals surface area contributed by atoms with Gasteiger partial charge in [-0.05, 0) is 37.6 Å². The number of esters is 1. The van der Waals surface area contributed by atoms with Crippen molar-refractivity contribution in [3.8, 4) is 11.9 Å². The van der Waals surface area contributed by atoms with Gasteiger partial charge in [-0.3, -0.25) is 4.79 Å². The molecule has 9 heteroatoms. The predicted molar refractivity (Wildman–Crippen MR) is 103 cm³/mol. The van der Waals surface area contributed by atoms with Crippen LogP contribution >= 0.6 is 0 Å². The highest BCUT2D eigenvalue weighted by Gasteiger charge is 2.19. The second-order valence-corrected chi connectivity index (χ2v) is 5.92. The minimum atomic E-state index is -0.644. The van der Waals surface area contributed by atoms with E-state index in [0.717, 1.165) is 17.5 Å². The van der Waals surface area contributed by atoms with Crippen LogP contribution in [-0.4, -0.2) is 29.4 Å². The average molecular weight is 383 g/mol. The molecule has 2 aromatic rings. The third-order valence-corrected chi connectivity index (χ3v) is 4.04. The van der Waals surface area contributed by atoms with Gasteiger partial charge in [0.2, 0.25) is 5.88 Å². The molecule has 0 amide bonds. The van der Waals surface area contributed by atoms with Crippen LogP contribution in [0.2, 0.25) is 0 Å². The second-order valence-electron chi connectivity index (χ2n) is 5.92. The summed E-state index contributed by atoms with van der Waals surface area (Å²) in [5.41, 5.74) is 3.05. The lowest BCUT2D eigenvalue weighted by atomic mass is 10.1. The summed E-state index contributed by atoms with van der Waals surface area (Å²) in [6, 6.07) is 8.02. The number of methoxy groups -OCH3 is 1. The molecular weight excluding hydrogens is 362 g/mol. The van der Waals surface area contributed by atoms with Gasteiger partial charge in [-0.15, -0.1) is 5.11 Å². The van der Waals surface area contributed by atoms with E-state index in [9.17, 15) is 20.0 Å². The van der Waals surface area contributed by atoms with Crippen molar-refractivity contribution in [2.24, 2.45) is 10.2 Å². The van der Waals surface area contributed by atoms with Crippen molar-refractivity contribution < 1.29 is 14.6 Å². The first-order valence-electron chi connectivity index (χ1n) is 8.67. The fourth-order valence-corrected chi connectivity index (χ4v) is 2.42. The molecule has 146 valence electrons. The smallest absolute Gasteiger partial charge is 0.337 e. The topological polar surface area (TPSA) is 129 Å². The zero-order chi connectivity index (χ0) is 20.7. The highest BCUT2D eigenvalue weighted by molar-refractivity contribution is 5.89. The van der Waals surface area contributed by atoms with E-state index >= 15 is 0 Å². The van der Waals surface area contributed by atoms with Crippen LogP contribution < -0.4 is 11.0 Å². The Labute approximate surface area is 161 Å². The van der Waals surface area contributed by atoms with Crippen LogP contribution in [0.25, 0.3) is 0 Å². The Morgan fingerprint density at radius 3 is 2.57 bits per heavy atom. The number of aromatic nitrogens is 1. The Morgan fingerprint density at radius 2 is 2.00 bits per heavy atom. The summed E-state index contributed by atoms with van der Waals surface area (Å²) < 4.78 is 5.54. The van der Waals surface area contributed by atoms with Gasteiger partial charge in [-0.1, -0.05) is 13.3 Å². The highest BCUT2D eigenvalue weighted by atomic mass is 16.5. The summed E-state index contributed by atoms with van der Waals surface area (Å²) in [5.74, 6) is -0.895. The van der Waals surface area contributed by atoms with E-state index in [1.165, 1.54) is 26.2 Å². The van der Waals surface area contributed by atoms with Gasteiger partial charge in [0, 0.05) is 12.1 Å². The van der Waals surface area contributed by atoms with E-state index < -0.39 is 17.4 Å². The van der Waals surface area contributed by atoms with Gasteiger partial charge in [0.25, 0.3) is 5.56 Å². The Kier molecular flexibility index (Phi) is 6.87. The first kappa shape index (κ1) is 20.6. The molecule has 1 aromatic heterocycles. The number of hydrogen-bond donors (Lipinski definition) is 2. The predicted octanol–water partition coefficient (Wildman–Crippen LogP) is 3.28. The van der Waals surface area contributed by atoms with Gasteiger partial charge in [0.05, 0.1) is 18.4 Å². The molecule has 2 N–H and O–H groups in total. The Bertz CT molecular complexity index is 987. The molecule has 0 saturated heterocycles. The van der Waals surface area contributed by atoms with E-state index in [0.29, 0.717) is 17.8 Å². The van der Waals surface area contributed by atoms with Gasteiger partial charge >= 0.3 is 5.97 Å². The number of aromatic hydroxyl groups is 1. The maximum atomic E-state index is 12.4. The molecule has 0 spiro atoms.